The lowest BCUT2D eigenvalue weighted by Crippen LogP contribution is -2.06. The fourth-order valence-corrected chi connectivity index (χ4v) is 3.35. The summed E-state index contributed by atoms with van der Waals surface area (Å²) >= 11 is 6.39. The van der Waals surface area contributed by atoms with Crippen LogP contribution < -0.4 is 5.63 Å². The van der Waals surface area contributed by atoms with E-state index in [2.05, 4.69) is 0 Å². The first kappa shape index (κ1) is 15.7. The van der Waals surface area contributed by atoms with Crippen LogP contribution in [0.4, 0.5) is 0 Å². The van der Waals surface area contributed by atoms with Crippen molar-refractivity contribution in [1.82, 2.24) is 0 Å². The fraction of sp³-hybridized carbons (Fsp3) is 0.0455. The lowest BCUT2D eigenvalue weighted by molar-refractivity contribution is 0.563. The van der Waals surface area contributed by atoms with Crippen molar-refractivity contribution in [1.29, 1.82) is 0 Å². The zero-order chi connectivity index (χ0) is 17.4. The minimum absolute atomic E-state index is 0.384. The molecule has 0 spiro atoms. The number of rotatable bonds is 2. The van der Waals surface area contributed by atoms with E-state index in [1.54, 1.807) is 6.07 Å². The van der Waals surface area contributed by atoms with Crippen LogP contribution in [0, 0.1) is 6.92 Å². The molecule has 25 heavy (non-hydrogen) atoms. The molecule has 0 saturated heterocycles. The molecule has 0 bridgehead atoms. The molecule has 0 aliphatic carbocycles. The highest BCUT2D eigenvalue weighted by Crippen LogP contribution is 2.38. The Hall–Kier alpha value is -2.84. The lowest BCUT2D eigenvalue weighted by Gasteiger charge is -2.13. The van der Waals surface area contributed by atoms with Crippen molar-refractivity contribution in [2.24, 2.45) is 0 Å². The Morgan fingerprint density at radius 1 is 0.840 bits per heavy atom. The van der Waals surface area contributed by atoms with Crippen LogP contribution in [0.5, 0.6) is 0 Å². The largest absolute Gasteiger partial charge is 0.422 e. The molecular weight excluding hydrogens is 332 g/mol. The van der Waals surface area contributed by atoms with Crippen LogP contribution in [0.15, 0.2) is 82.0 Å². The molecule has 3 heteroatoms. The molecular formula is C22H15ClO2. The second-order valence-corrected chi connectivity index (χ2v) is 6.39. The van der Waals surface area contributed by atoms with Crippen molar-refractivity contribution in [3.05, 3.63) is 93.8 Å². The van der Waals surface area contributed by atoms with Gasteiger partial charge in [-0.15, -0.1) is 0 Å². The Balaban J connectivity index is 2.19. The minimum atomic E-state index is -0.384. The summed E-state index contributed by atoms with van der Waals surface area (Å²) < 4.78 is 5.63. The van der Waals surface area contributed by atoms with Crippen molar-refractivity contribution in [3.63, 3.8) is 0 Å². The molecule has 0 atom stereocenters. The van der Waals surface area contributed by atoms with E-state index in [1.165, 1.54) is 0 Å². The van der Waals surface area contributed by atoms with Crippen molar-refractivity contribution < 1.29 is 4.42 Å². The molecule has 122 valence electrons. The third-order valence-corrected chi connectivity index (χ3v) is 4.60. The van der Waals surface area contributed by atoms with E-state index in [4.69, 9.17) is 16.0 Å². The standard InChI is InChI=1S/C22H15ClO2/c1-14-11-12-17-19(13-14)25-22(24)21(16-9-5-6-10-18(16)23)20(17)15-7-3-2-4-8-15/h2-13H,1H3. The van der Waals surface area contributed by atoms with Crippen molar-refractivity contribution in [2.45, 2.75) is 6.92 Å². The van der Waals surface area contributed by atoms with E-state index in [0.717, 1.165) is 22.1 Å². The number of halogens is 1. The fourth-order valence-electron chi connectivity index (χ4n) is 3.12. The van der Waals surface area contributed by atoms with E-state index < -0.39 is 0 Å². The van der Waals surface area contributed by atoms with E-state index in [-0.39, 0.29) is 5.63 Å². The van der Waals surface area contributed by atoms with Gasteiger partial charge in [-0.05, 0) is 30.2 Å². The molecule has 0 fully saturated rings. The van der Waals surface area contributed by atoms with Gasteiger partial charge < -0.3 is 4.42 Å². The van der Waals surface area contributed by atoms with Crippen LogP contribution >= 0.6 is 11.6 Å². The SMILES string of the molecule is Cc1ccc2c(-c3ccccc3)c(-c3ccccc3Cl)c(=O)oc2c1. The molecule has 4 rings (SSSR count). The van der Waals surface area contributed by atoms with E-state index >= 15 is 0 Å². The zero-order valence-electron chi connectivity index (χ0n) is 13.6. The predicted molar refractivity (Wildman–Crippen MR) is 103 cm³/mol. The van der Waals surface area contributed by atoms with Gasteiger partial charge in [-0.1, -0.05) is 72.3 Å². The van der Waals surface area contributed by atoms with Gasteiger partial charge in [0.05, 0.1) is 5.56 Å². The first-order valence-corrected chi connectivity index (χ1v) is 8.41. The third kappa shape index (κ3) is 2.75. The molecule has 0 aliphatic heterocycles. The summed E-state index contributed by atoms with van der Waals surface area (Å²) in [6, 6.07) is 23.1. The number of benzene rings is 3. The van der Waals surface area contributed by atoms with Crippen LogP contribution in [0.2, 0.25) is 5.02 Å². The van der Waals surface area contributed by atoms with Crippen LogP contribution in [0.25, 0.3) is 33.2 Å². The van der Waals surface area contributed by atoms with Crippen LogP contribution in [0.3, 0.4) is 0 Å². The first-order chi connectivity index (χ1) is 12.1. The van der Waals surface area contributed by atoms with Gasteiger partial charge in [-0.25, -0.2) is 4.79 Å². The number of aryl methyl sites for hydroxylation is 1. The van der Waals surface area contributed by atoms with Crippen molar-refractivity contribution in [2.75, 3.05) is 0 Å². The summed E-state index contributed by atoms with van der Waals surface area (Å²) in [4.78, 5) is 12.9. The van der Waals surface area contributed by atoms with Gasteiger partial charge in [0, 0.05) is 21.5 Å². The average Bonchev–Trinajstić information content (AvgIpc) is 2.62. The molecule has 1 heterocycles. The van der Waals surface area contributed by atoms with Gasteiger partial charge in [-0.2, -0.15) is 0 Å². The number of hydrogen-bond acceptors (Lipinski definition) is 2. The molecule has 0 unspecified atom stereocenters. The van der Waals surface area contributed by atoms with Crippen LogP contribution in [-0.4, -0.2) is 0 Å². The monoisotopic (exact) mass is 346 g/mol. The number of fused-ring (bicyclic) bond motifs is 1. The molecule has 1 aromatic heterocycles. The Morgan fingerprint density at radius 2 is 1.56 bits per heavy atom. The lowest BCUT2D eigenvalue weighted by atomic mass is 9.92. The summed E-state index contributed by atoms with van der Waals surface area (Å²) in [5.41, 5.74) is 4.22. The molecule has 0 amide bonds. The van der Waals surface area contributed by atoms with Gasteiger partial charge in [0.15, 0.2) is 0 Å². The zero-order valence-corrected chi connectivity index (χ0v) is 14.4. The van der Waals surface area contributed by atoms with Gasteiger partial charge in [0.2, 0.25) is 0 Å². The van der Waals surface area contributed by atoms with Gasteiger partial charge in [0.1, 0.15) is 5.58 Å². The smallest absolute Gasteiger partial charge is 0.344 e. The minimum Gasteiger partial charge on any atom is -0.422 e. The Bertz CT molecular complexity index is 1130. The van der Waals surface area contributed by atoms with Gasteiger partial charge in [0.25, 0.3) is 0 Å². The maximum Gasteiger partial charge on any atom is 0.344 e. The first-order valence-electron chi connectivity index (χ1n) is 8.03. The molecule has 3 aromatic carbocycles. The number of hydrogen-bond donors (Lipinski definition) is 0. The highest BCUT2D eigenvalue weighted by Gasteiger charge is 2.19. The Morgan fingerprint density at radius 3 is 2.32 bits per heavy atom. The van der Waals surface area contributed by atoms with Crippen molar-refractivity contribution >= 4 is 22.6 Å². The molecule has 0 N–H and O–H groups in total. The van der Waals surface area contributed by atoms with Gasteiger partial charge >= 0.3 is 5.63 Å². The van der Waals surface area contributed by atoms with Crippen LogP contribution in [0.1, 0.15) is 5.56 Å². The summed E-state index contributed by atoms with van der Waals surface area (Å²) in [6.07, 6.45) is 0. The van der Waals surface area contributed by atoms with Crippen molar-refractivity contribution in [3.8, 4) is 22.3 Å². The summed E-state index contributed by atoms with van der Waals surface area (Å²) in [5.74, 6) is 0. The van der Waals surface area contributed by atoms with Gasteiger partial charge in [-0.3, -0.25) is 0 Å². The van der Waals surface area contributed by atoms with E-state index in [0.29, 0.717) is 21.7 Å². The quantitative estimate of drug-likeness (QED) is 0.411. The summed E-state index contributed by atoms with van der Waals surface area (Å²) in [6.45, 7) is 1.98. The molecule has 2 nitrogen and oxygen atoms in total. The second kappa shape index (κ2) is 6.23. The van der Waals surface area contributed by atoms with Crippen LogP contribution in [-0.2, 0) is 0 Å². The molecule has 0 aliphatic rings. The third-order valence-electron chi connectivity index (χ3n) is 4.27. The van der Waals surface area contributed by atoms with E-state index in [1.807, 2.05) is 73.7 Å². The molecule has 0 saturated carbocycles. The summed E-state index contributed by atoms with van der Waals surface area (Å²) in [5, 5.41) is 1.42. The molecule has 4 aromatic rings. The second-order valence-electron chi connectivity index (χ2n) is 5.99. The topological polar surface area (TPSA) is 30.2 Å². The van der Waals surface area contributed by atoms with E-state index in [9.17, 15) is 4.79 Å². The highest BCUT2D eigenvalue weighted by atomic mass is 35.5. The highest BCUT2D eigenvalue weighted by molar-refractivity contribution is 6.33. The maximum atomic E-state index is 12.9. The molecule has 0 radical (unpaired) electrons. The maximum absolute atomic E-state index is 12.9. The Labute approximate surface area is 150 Å². The predicted octanol–water partition coefficient (Wildman–Crippen LogP) is 6.09. The Kier molecular flexibility index (Phi) is 3.90. The summed E-state index contributed by atoms with van der Waals surface area (Å²) in [7, 11) is 0. The average molecular weight is 347 g/mol. The normalized spacial score (nSPS) is 11.0.